The van der Waals surface area contributed by atoms with Crippen molar-refractivity contribution >= 4 is 17.7 Å². The molecule has 2 nitrogen and oxygen atoms in total. The van der Waals surface area contributed by atoms with Crippen molar-refractivity contribution in [2.75, 3.05) is 18.6 Å². The smallest absolute Gasteiger partial charge is 0.226 e. The molecule has 1 rings (SSSR count). The first kappa shape index (κ1) is 12.4. The van der Waals surface area contributed by atoms with Crippen LogP contribution in [0.5, 0.6) is 0 Å². The Morgan fingerprint density at radius 1 is 1.60 bits per heavy atom. The Labute approximate surface area is 96.6 Å². The summed E-state index contributed by atoms with van der Waals surface area (Å²) >= 11 is 1.75. The van der Waals surface area contributed by atoms with Gasteiger partial charge in [-0.1, -0.05) is 6.42 Å². The lowest BCUT2D eigenvalue weighted by Crippen LogP contribution is -2.46. The van der Waals surface area contributed by atoms with Crippen LogP contribution in [0.2, 0.25) is 0 Å². The highest BCUT2D eigenvalue weighted by atomic mass is 32.2. The number of carbonyl (C=O) groups is 1. The molecular formula is C12H19NOS. The zero-order valence-electron chi connectivity index (χ0n) is 9.34. The molecule has 0 unspecified atom stereocenters. The minimum atomic E-state index is -0.120. The van der Waals surface area contributed by atoms with Gasteiger partial charge in [-0.25, -0.2) is 0 Å². The van der Waals surface area contributed by atoms with Gasteiger partial charge in [-0.3, -0.25) is 4.79 Å². The summed E-state index contributed by atoms with van der Waals surface area (Å²) in [5, 5.41) is 3.01. The van der Waals surface area contributed by atoms with Crippen molar-refractivity contribution in [1.82, 2.24) is 5.32 Å². The molecule has 0 aromatic heterocycles. The molecule has 1 amide bonds. The molecule has 0 heterocycles. The fraction of sp³-hybridized carbons (Fsp3) is 0.750. The van der Waals surface area contributed by atoms with Gasteiger partial charge in [0.15, 0.2) is 0 Å². The van der Waals surface area contributed by atoms with Crippen LogP contribution >= 0.6 is 11.8 Å². The van der Waals surface area contributed by atoms with Gasteiger partial charge in [0.1, 0.15) is 0 Å². The fourth-order valence-electron chi connectivity index (χ4n) is 1.96. The number of carbonyl (C=O) groups excluding carboxylic acids is 1. The number of hydrogen-bond donors (Lipinski definition) is 1. The average molecular weight is 225 g/mol. The first-order valence-electron chi connectivity index (χ1n) is 5.46. The minimum absolute atomic E-state index is 0.120. The number of thioether (sulfide) groups is 1. The predicted octanol–water partition coefficient (Wildman–Crippen LogP) is 2.05. The molecule has 0 atom stereocenters. The van der Waals surface area contributed by atoms with Crippen molar-refractivity contribution in [3.8, 4) is 12.3 Å². The lowest BCUT2D eigenvalue weighted by molar-refractivity contribution is -0.136. The normalized spacial score (nSPS) is 17.6. The van der Waals surface area contributed by atoms with E-state index in [1.807, 2.05) is 6.26 Å². The van der Waals surface area contributed by atoms with E-state index in [9.17, 15) is 4.79 Å². The van der Waals surface area contributed by atoms with Gasteiger partial charge in [0.2, 0.25) is 5.91 Å². The summed E-state index contributed by atoms with van der Waals surface area (Å²) in [6.45, 7) is 0.776. The molecule has 0 radical (unpaired) electrons. The van der Waals surface area contributed by atoms with Gasteiger partial charge in [-0.05, 0) is 25.5 Å². The maximum Gasteiger partial charge on any atom is 0.226 e. The third kappa shape index (κ3) is 3.17. The molecule has 15 heavy (non-hydrogen) atoms. The third-order valence-electron chi connectivity index (χ3n) is 3.13. The van der Waals surface area contributed by atoms with Crippen molar-refractivity contribution in [3.05, 3.63) is 0 Å². The molecule has 84 valence electrons. The second-order valence-corrected chi connectivity index (χ2v) is 5.07. The number of amides is 1. The van der Waals surface area contributed by atoms with Crippen LogP contribution < -0.4 is 5.32 Å². The van der Waals surface area contributed by atoms with Gasteiger partial charge < -0.3 is 5.32 Å². The summed E-state index contributed by atoms with van der Waals surface area (Å²) in [5.74, 6) is 3.83. The quantitative estimate of drug-likeness (QED) is 0.554. The van der Waals surface area contributed by atoms with Crippen LogP contribution in [-0.4, -0.2) is 24.5 Å². The second kappa shape index (κ2) is 6.07. The first-order chi connectivity index (χ1) is 7.25. The van der Waals surface area contributed by atoms with Crippen molar-refractivity contribution in [2.24, 2.45) is 5.41 Å². The second-order valence-electron chi connectivity index (χ2n) is 4.09. The molecular weight excluding hydrogens is 206 g/mol. The summed E-state index contributed by atoms with van der Waals surface area (Å²) in [7, 11) is 0. The Morgan fingerprint density at radius 2 is 2.33 bits per heavy atom. The van der Waals surface area contributed by atoms with Gasteiger partial charge in [0.25, 0.3) is 0 Å². The van der Waals surface area contributed by atoms with Crippen LogP contribution in [-0.2, 0) is 4.79 Å². The largest absolute Gasteiger partial charge is 0.355 e. The van der Waals surface area contributed by atoms with E-state index in [0.29, 0.717) is 0 Å². The molecule has 1 aliphatic carbocycles. The van der Waals surface area contributed by atoms with Gasteiger partial charge in [0.05, 0.1) is 5.41 Å². The van der Waals surface area contributed by atoms with Crippen molar-refractivity contribution in [2.45, 2.75) is 32.1 Å². The maximum absolute atomic E-state index is 11.9. The van der Waals surface area contributed by atoms with Crippen LogP contribution in [0.15, 0.2) is 0 Å². The summed E-state index contributed by atoms with van der Waals surface area (Å²) in [6.07, 6.45) is 12.1. The molecule has 0 saturated heterocycles. The molecule has 1 aliphatic rings. The zero-order valence-corrected chi connectivity index (χ0v) is 10.2. The molecule has 1 saturated carbocycles. The highest BCUT2D eigenvalue weighted by Crippen LogP contribution is 2.44. The summed E-state index contributed by atoms with van der Waals surface area (Å²) in [4.78, 5) is 11.9. The predicted molar refractivity (Wildman–Crippen MR) is 65.7 cm³/mol. The lowest BCUT2D eigenvalue weighted by Gasteiger charge is -2.40. The van der Waals surface area contributed by atoms with Crippen LogP contribution in [0.4, 0.5) is 0 Å². The molecule has 0 aromatic rings. The Morgan fingerprint density at radius 3 is 2.80 bits per heavy atom. The molecule has 1 fully saturated rings. The van der Waals surface area contributed by atoms with E-state index in [2.05, 4.69) is 11.2 Å². The monoisotopic (exact) mass is 225 g/mol. The molecule has 3 heteroatoms. The number of hydrogen-bond acceptors (Lipinski definition) is 2. The van der Waals surface area contributed by atoms with Crippen LogP contribution in [0.1, 0.15) is 32.1 Å². The van der Waals surface area contributed by atoms with Crippen molar-refractivity contribution in [1.29, 1.82) is 0 Å². The van der Waals surface area contributed by atoms with E-state index in [0.717, 1.165) is 38.0 Å². The minimum Gasteiger partial charge on any atom is -0.355 e. The molecule has 0 bridgehead atoms. The van der Waals surface area contributed by atoms with E-state index in [-0.39, 0.29) is 11.3 Å². The van der Waals surface area contributed by atoms with Gasteiger partial charge in [-0.2, -0.15) is 11.8 Å². The van der Waals surface area contributed by atoms with E-state index in [1.165, 1.54) is 6.42 Å². The van der Waals surface area contributed by atoms with E-state index in [4.69, 9.17) is 6.42 Å². The lowest BCUT2D eigenvalue weighted by atomic mass is 9.65. The average Bonchev–Trinajstić information content (AvgIpc) is 2.17. The van der Waals surface area contributed by atoms with Crippen LogP contribution in [0, 0.1) is 17.8 Å². The van der Waals surface area contributed by atoms with Crippen LogP contribution in [0.3, 0.4) is 0 Å². The van der Waals surface area contributed by atoms with Gasteiger partial charge >= 0.3 is 0 Å². The summed E-state index contributed by atoms with van der Waals surface area (Å²) in [6, 6.07) is 0. The maximum atomic E-state index is 11.9. The van der Waals surface area contributed by atoms with Gasteiger partial charge in [-0.15, -0.1) is 12.3 Å². The standard InChI is InChI=1S/C12H19NOS/c1-3-4-6-12(7-5-8-12)11(14)13-9-10-15-2/h1H,4-10H2,2H3,(H,13,14). The van der Waals surface area contributed by atoms with Crippen molar-refractivity contribution < 1.29 is 4.79 Å². The van der Waals surface area contributed by atoms with Crippen LogP contribution in [0.25, 0.3) is 0 Å². The van der Waals surface area contributed by atoms with Gasteiger partial charge in [0, 0.05) is 18.7 Å². The Balaban J connectivity index is 2.36. The zero-order chi connectivity index (χ0) is 11.1. The van der Waals surface area contributed by atoms with E-state index >= 15 is 0 Å². The Kier molecular flexibility index (Phi) is 5.04. The highest BCUT2D eigenvalue weighted by molar-refractivity contribution is 7.98. The summed E-state index contributed by atoms with van der Waals surface area (Å²) < 4.78 is 0. The Bertz CT molecular complexity index is 253. The number of rotatable bonds is 6. The molecule has 0 aliphatic heterocycles. The SMILES string of the molecule is C#CCCC1(C(=O)NCCSC)CCC1. The first-order valence-corrected chi connectivity index (χ1v) is 6.85. The van der Waals surface area contributed by atoms with E-state index in [1.54, 1.807) is 11.8 Å². The number of terminal acetylenes is 1. The summed E-state index contributed by atoms with van der Waals surface area (Å²) in [5.41, 5.74) is -0.120. The Hall–Kier alpha value is -0.620. The molecule has 1 N–H and O–H groups in total. The molecule has 0 spiro atoms. The van der Waals surface area contributed by atoms with E-state index < -0.39 is 0 Å². The topological polar surface area (TPSA) is 29.1 Å². The third-order valence-corrected chi connectivity index (χ3v) is 3.74. The highest BCUT2D eigenvalue weighted by Gasteiger charge is 2.42. The number of nitrogens with one attached hydrogen (secondary N) is 1. The molecule has 0 aromatic carbocycles. The van der Waals surface area contributed by atoms with Crippen molar-refractivity contribution in [3.63, 3.8) is 0 Å². The fourth-order valence-corrected chi connectivity index (χ4v) is 2.27.